The second kappa shape index (κ2) is 5.30. The Kier molecular flexibility index (Phi) is 3.16. The van der Waals surface area contributed by atoms with Gasteiger partial charge in [-0.2, -0.15) is 0 Å². The van der Waals surface area contributed by atoms with Crippen LogP contribution < -0.4 is 0 Å². The SMILES string of the molecule is O=S1(=O)C=CC(C2CCc3ccc4c(ccc5ccccc54)c3C2)=C1. The Balaban J connectivity index is 1.66. The first kappa shape index (κ1) is 14.9. The van der Waals surface area contributed by atoms with Crippen LogP contribution in [0.5, 0.6) is 0 Å². The molecule has 0 N–H and O–H groups in total. The Hall–Kier alpha value is -2.39. The molecule has 0 bridgehead atoms. The van der Waals surface area contributed by atoms with Crippen LogP contribution in [0, 0.1) is 5.92 Å². The number of hydrogen-bond acceptors (Lipinski definition) is 2. The van der Waals surface area contributed by atoms with Crippen LogP contribution in [0.2, 0.25) is 0 Å². The van der Waals surface area contributed by atoms with E-state index < -0.39 is 9.84 Å². The van der Waals surface area contributed by atoms with Crippen LogP contribution in [0.3, 0.4) is 0 Å². The van der Waals surface area contributed by atoms with Gasteiger partial charge in [0.05, 0.1) is 0 Å². The second-order valence-corrected chi connectivity index (χ2v) is 8.72. The Bertz CT molecular complexity index is 1180. The summed E-state index contributed by atoms with van der Waals surface area (Å²) in [7, 11) is -3.14. The van der Waals surface area contributed by atoms with Crippen molar-refractivity contribution in [2.75, 3.05) is 0 Å². The first-order chi connectivity index (χ1) is 12.1. The summed E-state index contributed by atoms with van der Waals surface area (Å²) >= 11 is 0. The Morgan fingerprint density at radius 1 is 0.880 bits per heavy atom. The normalized spacial score (nSPS) is 21.4. The lowest BCUT2D eigenvalue weighted by atomic mass is 9.78. The van der Waals surface area contributed by atoms with Gasteiger partial charge in [-0.1, -0.05) is 48.5 Å². The summed E-state index contributed by atoms with van der Waals surface area (Å²) in [4.78, 5) is 0. The Morgan fingerprint density at radius 2 is 1.72 bits per heavy atom. The summed E-state index contributed by atoms with van der Waals surface area (Å²) in [6.07, 6.45) is 4.72. The van der Waals surface area contributed by atoms with E-state index in [0.29, 0.717) is 0 Å². The Labute approximate surface area is 147 Å². The topological polar surface area (TPSA) is 34.1 Å². The highest BCUT2D eigenvalue weighted by Crippen LogP contribution is 2.38. The van der Waals surface area contributed by atoms with Crippen LogP contribution in [-0.4, -0.2) is 8.42 Å². The zero-order valence-corrected chi connectivity index (χ0v) is 14.6. The summed E-state index contributed by atoms with van der Waals surface area (Å²) in [5.41, 5.74) is 3.76. The van der Waals surface area contributed by atoms with Gasteiger partial charge in [0.2, 0.25) is 0 Å². The summed E-state index contributed by atoms with van der Waals surface area (Å²) in [6.45, 7) is 0. The van der Waals surface area contributed by atoms with Crippen LogP contribution in [0.25, 0.3) is 21.5 Å². The molecule has 25 heavy (non-hydrogen) atoms. The van der Waals surface area contributed by atoms with E-state index >= 15 is 0 Å². The van der Waals surface area contributed by atoms with Crippen LogP contribution in [0.4, 0.5) is 0 Å². The lowest BCUT2D eigenvalue weighted by Gasteiger charge is -2.26. The van der Waals surface area contributed by atoms with E-state index in [4.69, 9.17) is 0 Å². The maximum absolute atomic E-state index is 11.7. The summed E-state index contributed by atoms with van der Waals surface area (Å²) < 4.78 is 23.4. The number of benzene rings is 3. The quantitative estimate of drug-likeness (QED) is 0.586. The predicted molar refractivity (Wildman–Crippen MR) is 103 cm³/mol. The van der Waals surface area contributed by atoms with Crippen LogP contribution in [0.15, 0.2) is 71.0 Å². The number of sulfone groups is 1. The fourth-order valence-electron chi connectivity index (χ4n) is 4.31. The van der Waals surface area contributed by atoms with E-state index in [-0.39, 0.29) is 5.92 Å². The molecular formula is C22H18O2S. The van der Waals surface area contributed by atoms with Gasteiger partial charge in [-0.3, -0.25) is 0 Å². The smallest absolute Gasteiger partial charge is 0.193 e. The van der Waals surface area contributed by atoms with Gasteiger partial charge in [0.15, 0.2) is 9.84 Å². The van der Waals surface area contributed by atoms with Gasteiger partial charge >= 0.3 is 0 Å². The van der Waals surface area contributed by atoms with Crippen molar-refractivity contribution in [3.63, 3.8) is 0 Å². The maximum Gasteiger partial charge on any atom is 0.193 e. The highest BCUT2D eigenvalue weighted by atomic mass is 32.2. The van der Waals surface area contributed by atoms with Crippen molar-refractivity contribution in [1.29, 1.82) is 0 Å². The van der Waals surface area contributed by atoms with Gasteiger partial charge in [0.1, 0.15) is 0 Å². The van der Waals surface area contributed by atoms with Crippen molar-refractivity contribution in [3.05, 3.63) is 82.1 Å². The maximum atomic E-state index is 11.7. The molecule has 1 aliphatic carbocycles. The first-order valence-electron chi connectivity index (χ1n) is 8.68. The molecule has 2 aliphatic rings. The second-order valence-electron chi connectivity index (χ2n) is 7.03. The average molecular weight is 346 g/mol. The van der Waals surface area contributed by atoms with Gasteiger partial charge in [-0.25, -0.2) is 8.42 Å². The monoisotopic (exact) mass is 346 g/mol. The molecule has 5 rings (SSSR count). The highest BCUT2D eigenvalue weighted by molar-refractivity contribution is 7.97. The minimum absolute atomic E-state index is 0.290. The van der Waals surface area contributed by atoms with Crippen molar-refractivity contribution >= 4 is 31.4 Å². The minimum Gasteiger partial charge on any atom is -0.220 e. The molecule has 124 valence electrons. The van der Waals surface area contributed by atoms with Crippen molar-refractivity contribution in [2.45, 2.75) is 19.3 Å². The molecule has 0 saturated heterocycles. The number of hydrogen-bond donors (Lipinski definition) is 0. The summed E-state index contributed by atoms with van der Waals surface area (Å²) in [5, 5.41) is 7.92. The molecule has 1 atom stereocenters. The van der Waals surface area contributed by atoms with Crippen molar-refractivity contribution < 1.29 is 8.42 Å². The van der Waals surface area contributed by atoms with Gasteiger partial charge in [0.25, 0.3) is 0 Å². The van der Waals surface area contributed by atoms with Crippen LogP contribution in [-0.2, 0) is 22.7 Å². The van der Waals surface area contributed by atoms with E-state index in [9.17, 15) is 8.42 Å². The Morgan fingerprint density at radius 3 is 2.56 bits per heavy atom. The van der Waals surface area contributed by atoms with Gasteiger partial charge in [-0.05, 0) is 69.5 Å². The molecule has 1 unspecified atom stereocenters. The van der Waals surface area contributed by atoms with Crippen molar-refractivity contribution in [2.24, 2.45) is 5.92 Å². The van der Waals surface area contributed by atoms with Gasteiger partial charge in [0, 0.05) is 10.8 Å². The largest absolute Gasteiger partial charge is 0.220 e. The molecule has 3 aromatic rings. The number of allylic oxidation sites excluding steroid dienone is 2. The van der Waals surface area contributed by atoms with Crippen LogP contribution >= 0.6 is 0 Å². The third-order valence-corrected chi connectivity index (χ3v) is 6.69. The van der Waals surface area contributed by atoms with E-state index in [2.05, 4.69) is 48.5 Å². The van der Waals surface area contributed by atoms with E-state index in [1.165, 1.54) is 43.5 Å². The highest BCUT2D eigenvalue weighted by Gasteiger charge is 2.25. The molecule has 1 heterocycles. The molecule has 3 aromatic carbocycles. The van der Waals surface area contributed by atoms with E-state index in [1.807, 2.05) is 0 Å². The van der Waals surface area contributed by atoms with Gasteiger partial charge in [-0.15, -0.1) is 0 Å². The molecule has 0 fully saturated rings. The first-order valence-corrected chi connectivity index (χ1v) is 10.3. The van der Waals surface area contributed by atoms with Crippen molar-refractivity contribution in [3.8, 4) is 0 Å². The molecule has 0 radical (unpaired) electrons. The zero-order valence-electron chi connectivity index (χ0n) is 13.8. The lowest BCUT2D eigenvalue weighted by molar-refractivity contribution is 0.538. The number of aryl methyl sites for hydroxylation is 1. The lowest BCUT2D eigenvalue weighted by Crippen LogP contribution is -2.15. The number of rotatable bonds is 1. The molecule has 1 aliphatic heterocycles. The fourth-order valence-corrected chi connectivity index (χ4v) is 5.38. The molecule has 0 spiro atoms. The van der Waals surface area contributed by atoms with E-state index in [1.54, 1.807) is 6.08 Å². The zero-order chi connectivity index (χ0) is 17.0. The van der Waals surface area contributed by atoms with E-state index in [0.717, 1.165) is 24.8 Å². The third kappa shape index (κ3) is 2.42. The predicted octanol–water partition coefficient (Wildman–Crippen LogP) is 4.92. The van der Waals surface area contributed by atoms with Gasteiger partial charge < -0.3 is 0 Å². The fraction of sp³-hybridized carbons (Fsp3) is 0.182. The molecule has 0 aromatic heterocycles. The number of fused-ring (bicyclic) bond motifs is 5. The van der Waals surface area contributed by atoms with Crippen molar-refractivity contribution in [1.82, 2.24) is 0 Å². The standard InChI is InChI=1S/C22H18O2S/c23-25(24)12-11-18(14-25)17-6-5-16-8-9-20-19-4-2-1-3-15(19)7-10-21(20)22(16)13-17/h1-4,7-12,14,17H,5-6,13H2. The third-order valence-electron chi connectivity index (χ3n) is 5.57. The molecule has 3 heteroatoms. The van der Waals surface area contributed by atoms with Crippen LogP contribution in [0.1, 0.15) is 17.5 Å². The molecule has 0 amide bonds. The average Bonchev–Trinajstić information content (AvgIpc) is 3.00. The summed E-state index contributed by atoms with van der Waals surface area (Å²) in [5.74, 6) is 0.290. The molecule has 0 saturated carbocycles. The molecule has 2 nitrogen and oxygen atoms in total. The minimum atomic E-state index is -3.14. The molecular weight excluding hydrogens is 328 g/mol. The summed E-state index contributed by atoms with van der Waals surface area (Å²) in [6, 6.07) is 17.4.